The number of hydrogen-bond acceptors (Lipinski definition) is 3. The zero-order valence-electron chi connectivity index (χ0n) is 11.4. The molecule has 0 bridgehead atoms. The van der Waals surface area contributed by atoms with E-state index in [4.69, 9.17) is 5.11 Å². The molecule has 0 heterocycles. The quantitative estimate of drug-likeness (QED) is 0.843. The number of carbonyl (C=O) groups is 1. The molecule has 1 aromatic rings. The van der Waals surface area contributed by atoms with Crippen LogP contribution in [0.4, 0.5) is 0 Å². The molecular weight excluding hydrogens is 278 g/mol. The van der Waals surface area contributed by atoms with Crippen molar-refractivity contribution in [2.24, 2.45) is 5.92 Å². The molecule has 5 nitrogen and oxygen atoms in total. The zero-order valence-corrected chi connectivity index (χ0v) is 12.2. The lowest BCUT2D eigenvalue weighted by Crippen LogP contribution is -2.28. The first-order valence-electron chi connectivity index (χ1n) is 6.74. The summed E-state index contributed by atoms with van der Waals surface area (Å²) in [5.41, 5.74) is 0.529. The molecule has 0 radical (unpaired) electrons. The molecule has 1 fully saturated rings. The average molecular weight is 297 g/mol. The monoisotopic (exact) mass is 297 g/mol. The normalized spacial score (nSPS) is 15.8. The van der Waals surface area contributed by atoms with Crippen LogP contribution >= 0.6 is 0 Å². The van der Waals surface area contributed by atoms with Crippen molar-refractivity contribution in [2.45, 2.75) is 37.5 Å². The number of nitrogens with one attached hydrogen (secondary N) is 1. The second kappa shape index (κ2) is 5.93. The third kappa shape index (κ3) is 3.37. The Hall–Kier alpha value is -1.40. The fraction of sp³-hybridized carbons (Fsp3) is 0.500. The number of benzene rings is 1. The fourth-order valence-electron chi connectivity index (χ4n) is 2.28. The van der Waals surface area contributed by atoms with Gasteiger partial charge in [0.05, 0.1) is 10.5 Å². The van der Waals surface area contributed by atoms with Gasteiger partial charge in [-0.15, -0.1) is 0 Å². The molecule has 0 aliphatic heterocycles. The van der Waals surface area contributed by atoms with Gasteiger partial charge in [0.1, 0.15) is 0 Å². The molecule has 1 saturated carbocycles. The number of hydrogen-bond donors (Lipinski definition) is 2. The maximum Gasteiger partial charge on any atom is 0.335 e. The second-order valence-corrected chi connectivity index (χ2v) is 7.00. The molecule has 20 heavy (non-hydrogen) atoms. The largest absolute Gasteiger partial charge is 0.478 e. The van der Waals surface area contributed by atoms with Crippen LogP contribution < -0.4 is 4.72 Å². The van der Waals surface area contributed by atoms with Gasteiger partial charge in [-0.05, 0) is 37.0 Å². The minimum atomic E-state index is -3.64. The molecule has 0 atom stereocenters. The Kier molecular flexibility index (Phi) is 4.45. The predicted octanol–water partition coefficient (Wildman–Crippen LogP) is 2.16. The van der Waals surface area contributed by atoms with Crippen LogP contribution in [0.25, 0.3) is 0 Å². The van der Waals surface area contributed by atoms with Crippen LogP contribution in [0, 0.1) is 12.8 Å². The maximum atomic E-state index is 12.2. The van der Waals surface area contributed by atoms with Crippen molar-refractivity contribution in [3.8, 4) is 0 Å². The molecule has 1 aliphatic carbocycles. The molecule has 0 unspecified atom stereocenters. The Morgan fingerprint density at radius 2 is 2.10 bits per heavy atom. The van der Waals surface area contributed by atoms with Crippen LogP contribution in [-0.2, 0) is 10.0 Å². The molecule has 0 aromatic heterocycles. The molecule has 0 spiro atoms. The van der Waals surface area contributed by atoms with Crippen molar-refractivity contribution in [1.29, 1.82) is 0 Å². The summed E-state index contributed by atoms with van der Waals surface area (Å²) in [6.07, 6.45) is 4.43. The van der Waals surface area contributed by atoms with Gasteiger partial charge < -0.3 is 5.11 Å². The standard InChI is InChI=1S/C14H19NO4S/c1-10-5-6-12(14(16)17)9-13(10)20(18,19)15-8-7-11-3-2-4-11/h5-6,9,11,15H,2-4,7-8H2,1H3,(H,16,17). The van der Waals surface area contributed by atoms with Crippen LogP contribution in [0.15, 0.2) is 23.1 Å². The van der Waals surface area contributed by atoms with Crippen molar-refractivity contribution < 1.29 is 18.3 Å². The van der Waals surface area contributed by atoms with Gasteiger partial charge in [-0.2, -0.15) is 0 Å². The van der Waals surface area contributed by atoms with E-state index in [0.717, 1.165) is 6.42 Å². The highest BCUT2D eigenvalue weighted by atomic mass is 32.2. The Morgan fingerprint density at radius 3 is 2.65 bits per heavy atom. The smallest absolute Gasteiger partial charge is 0.335 e. The third-order valence-corrected chi connectivity index (χ3v) is 5.40. The lowest BCUT2D eigenvalue weighted by molar-refractivity contribution is 0.0696. The molecule has 0 saturated heterocycles. The fourth-order valence-corrected chi connectivity index (χ4v) is 3.60. The summed E-state index contributed by atoms with van der Waals surface area (Å²) in [7, 11) is -3.64. The highest BCUT2D eigenvalue weighted by Crippen LogP contribution is 2.29. The van der Waals surface area contributed by atoms with Crippen LogP contribution in [0.2, 0.25) is 0 Å². The Bertz CT molecular complexity index is 606. The van der Waals surface area contributed by atoms with Crippen molar-refractivity contribution in [3.63, 3.8) is 0 Å². The molecule has 2 N–H and O–H groups in total. The van der Waals surface area contributed by atoms with E-state index in [0.29, 0.717) is 18.0 Å². The molecule has 1 aromatic carbocycles. The first-order valence-corrected chi connectivity index (χ1v) is 8.22. The topological polar surface area (TPSA) is 83.5 Å². The van der Waals surface area contributed by atoms with Crippen LogP contribution in [0.1, 0.15) is 41.6 Å². The van der Waals surface area contributed by atoms with Crippen molar-refractivity contribution >= 4 is 16.0 Å². The van der Waals surface area contributed by atoms with Crippen molar-refractivity contribution in [3.05, 3.63) is 29.3 Å². The van der Waals surface area contributed by atoms with E-state index in [-0.39, 0.29) is 10.5 Å². The summed E-state index contributed by atoms with van der Waals surface area (Å²) in [5.74, 6) is -0.500. The molecule has 1 aliphatic rings. The van der Waals surface area contributed by atoms with Gasteiger partial charge in [0.25, 0.3) is 0 Å². The van der Waals surface area contributed by atoms with Crippen molar-refractivity contribution in [1.82, 2.24) is 4.72 Å². The second-order valence-electron chi connectivity index (χ2n) is 5.27. The zero-order chi connectivity index (χ0) is 14.8. The summed E-state index contributed by atoms with van der Waals surface area (Å²) in [5, 5.41) is 8.94. The van der Waals surface area contributed by atoms with Gasteiger partial charge in [0.15, 0.2) is 0 Å². The number of aromatic carboxylic acids is 1. The van der Waals surface area contributed by atoms with E-state index in [1.165, 1.54) is 37.5 Å². The molecule has 110 valence electrons. The van der Waals surface area contributed by atoms with Crippen LogP contribution in [0.3, 0.4) is 0 Å². The van der Waals surface area contributed by atoms with Gasteiger partial charge in [-0.1, -0.05) is 25.3 Å². The number of sulfonamides is 1. The number of rotatable bonds is 6. The van der Waals surface area contributed by atoms with E-state index in [2.05, 4.69) is 4.72 Å². The minimum Gasteiger partial charge on any atom is -0.478 e. The van der Waals surface area contributed by atoms with Gasteiger partial charge in [-0.25, -0.2) is 17.9 Å². The lowest BCUT2D eigenvalue weighted by Gasteiger charge is -2.25. The maximum absolute atomic E-state index is 12.2. The Morgan fingerprint density at radius 1 is 1.40 bits per heavy atom. The van der Waals surface area contributed by atoms with E-state index in [1.54, 1.807) is 6.92 Å². The lowest BCUT2D eigenvalue weighted by atomic mass is 9.83. The van der Waals surface area contributed by atoms with Gasteiger partial charge in [-0.3, -0.25) is 0 Å². The van der Waals surface area contributed by atoms with Crippen LogP contribution in [-0.4, -0.2) is 26.0 Å². The summed E-state index contributed by atoms with van der Waals surface area (Å²) in [6, 6.07) is 4.14. The van der Waals surface area contributed by atoms with E-state index < -0.39 is 16.0 Å². The van der Waals surface area contributed by atoms with Crippen LogP contribution in [0.5, 0.6) is 0 Å². The van der Waals surface area contributed by atoms with E-state index >= 15 is 0 Å². The molecule has 2 rings (SSSR count). The number of aryl methyl sites for hydroxylation is 1. The first-order chi connectivity index (χ1) is 9.40. The Balaban J connectivity index is 2.10. The minimum absolute atomic E-state index is 0.0185. The number of carboxylic acids is 1. The summed E-state index contributed by atoms with van der Waals surface area (Å²) in [4.78, 5) is 11.0. The van der Waals surface area contributed by atoms with E-state index in [1.807, 2.05) is 0 Å². The van der Waals surface area contributed by atoms with E-state index in [9.17, 15) is 13.2 Å². The molecular formula is C14H19NO4S. The summed E-state index contributed by atoms with van der Waals surface area (Å²) in [6.45, 7) is 2.07. The third-order valence-electron chi connectivity index (χ3n) is 3.79. The van der Waals surface area contributed by atoms with Gasteiger partial charge >= 0.3 is 5.97 Å². The summed E-state index contributed by atoms with van der Waals surface area (Å²) >= 11 is 0. The first kappa shape index (κ1) is 15.0. The van der Waals surface area contributed by atoms with Crippen molar-refractivity contribution in [2.75, 3.05) is 6.54 Å². The Labute approximate surface area is 119 Å². The highest BCUT2D eigenvalue weighted by molar-refractivity contribution is 7.89. The van der Waals surface area contributed by atoms with Gasteiger partial charge in [0, 0.05) is 6.54 Å². The molecule has 0 amide bonds. The molecule has 6 heteroatoms. The average Bonchev–Trinajstić information content (AvgIpc) is 2.32. The predicted molar refractivity (Wildman–Crippen MR) is 75.3 cm³/mol. The number of carboxylic acid groups (broad SMARTS) is 1. The SMILES string of the molecule is Cc1ccc(C(=O)O)cc1S(=O)(=O)NCCC1CCC1. The summed E-state index contributed by atoms with van der Waals surface area (Å²) < 4.78 is 27.0. The highest BCUT2D eigenvalue weighted by Gasteiger charge is 2.21. The van der Waals surface area contributed by atoms with Gasteiger partial charge in [0.2, 0.25) is 10.0 Å².